The largest absolute Gasteiger partial charge is 0.393 e. The molecule has 26 heteroatoms. The molecule has 1 saturated heterocycles. The molecule has 73 heavy (non-hydrogen) atoms. The van der Waals surface area contributed by atoms with Crippen LogP contribution >= 0.6 is 11.8 Å². The highest BCUT2D eigenvalue weighted by molar-refractivity contribution is 8.01. The number of nitrogens with one attached hydrogen (secondary N) is 4. The number of imide groups is 5. The summed E-state index contributed by atoms with van der Waals surface area (Å²) in [5.74, 6) is -7.27. The van der Waals surface area contributed by atoms with E-state index in [0.717, 1.165) is 59.4 Å². The van der Waals surface area contributed by atoms with Crippen molar-refractivity contribution in [1.29, 1.82) is 0 Å². The molecule has 0 radical (unpaired) electrons. The SMILES string of the molecule is C/C=C/C[C@@H](C)[C@@H](O)[C@H]1C(=O)N[C@@H](CC)C(=O)N(C)[C@H](SC(C)(C)CC(C)O)C(=O)N(C)[C@@H](CC(C)(C)O)C(=O)NC(=O)N(C)C(=O)NC(=O)N[C@H](C)C(=O)N(C)C(=O)N(C)C(=O)N(C)[C@@H](C(C)C)C(=O)N1C. The number of likely N-dealkylation sites (N-methyl/N-ethyl adjacent to an activating group) is 5. The van der Waals surface area contributed by atoms with E-state index in [9.17, 15) is 68.1 Å². The quantitative estimate of drug-likeness (QED) is 0.136. The molecule has 1 fully saturated rings. The first kappa shape index (κ1) is 65.2. The zero-order valence-electron chi connectivity index (χ0n) is 45.6. The number of carbonyl (C=O) groups is 11. The van der Waals surface area contributed by atoms with Gasteiger partial charge in [-0.3, -0.25) is 44.3 Å². The fourth-order valence-electron chi connectivity index (χ4n) is 8.01. The molecule has 25 nitrogen and oxygen atoms in total. The van der Waals surface area contributed by atoms with Crippen LogP contribution in [0.25, 0.3) is 0 Å². The molecule has 0 saturated carbocycles. The lowest BCUT2D eigenvalue weighted by Gasteiger charge is -2.41. The number of amides is 16. The fourth-order valence-corrected chi connectivity index (χ4v) is 9.48. The number of allylic oxidation sites excluding steroid dienone is 2. The Kier molecular flexibility index (Phi) is 24.5. The highest BCUT2D eigenvalue weighted by Gasteiger charge is 2.46. The number of nitrogens with zero attached hydrogens (tertiary/aromatic N) is 7. The molecule has 16 amide bonds. The summed E-state index contributed by atoms with van der Waals surface area (Å²) in [4.78, 5) is 158. The molecule has 1 rings (SSSR count). The van der Waals surface area contributed by atoms with Gasteiger partial charge in [-0.15, -0.1) is 11.8 Å². The van der Waals surface area contributed by atoms with E-state index in [1.165, 1.54) is 49.0 Å². The van der Waals surface area contributed by atoms with E-state index >= 15 is 0 Å². The lowest BCUT2D eigenvalue weighted by molar-refractivity contribution is -0.150. The third kappa shape index (κ3) is 17.9. The molecule has 0 aliphatic carbocycles. The van der Waals surface area contributed by atoms with Crippen molar-refractivity contribution in [1.82, 2.24) is 55.6 Å². The van der Waals surface area contributed by atoms with E-state index in [1.54, 1.807) is 60.6 Å². The molecule has 1 heterocycles. The van der Waals surface area contributed by atoms with Crippen LogP contribution in [0.3, 0.4) is 0 Å². The monoisotopic (exact) mass is 1060 g/mol. The summed E-state index contributed by atoms with van der Waals surface area (Å²) >= 11 is 0.926. The molecule has 1 aliphatic heterocycles. The summed E-state index contributed by atoms with van der Waals surface area (Å²) < 4.78 is -0.967. The van der Waals surface area contributed by atoms with Gasteiger partial charge in [0.25, 0.3) is 17.7 Å². The predicted octanol–water partition coefficient (Wildman–Crippen LogP) is 1.30. The van der Waals surface area contributed by atoms with Gasteiger partial charge in [-0.2, -0.15) is 0 Å². The Bertz CT molecular complexity index is 2080. The van der Waals surface area contributed by atoms with Crippen LogP contribution in [0.1, 0.15) is 102 Å². The van der Waals surface area contributed by atoms with Crippen LogP contribution < -0.4 is 21.3 Å². The summed E-state index contributed by atoms with van der Waals surface area (Å²) in [6.45, 7) is 16.9. The number of hydrogen-bond donors (Lipinski definition) is 7. The Hall–Kier alpha value is -5.86. The van der Waals surface area contributed by atoms with E-state index in [1.807, 2.05) is 10.6 Å². The molecular weight excluding hydrogens is 975 g/mol. The van der Waals surface area contributed by atoms with Gasteiger partial charge >= 0.3 is 30.2 Å². The van der Waals surface area contributed by atoms with Gasteiger partial charge in [-0.25, -0.2) is 33.8 Å². The third-order valence-electron chi connectivity index (χ3n) is 12.2. The minimum absolute atomic E-state index is 0.0952. The van der Waals surface area contributed by atoms with E-state index in [0.29, 0.717) is 9.80 Å². The number of urea groups is 5. The van der Waals surface area contributed by atoms with Crippen molar-refractivity contribution in [2.24, 2.45) is 11.8 Å². The lowest BCUT2D eigenvalue weighted by Crippen LogP contribution is -2.63. The van der Waals surface area contributed by atoms with Crippen LogP contribution in [-0.4, -0.2) is 223 Å². The second-order valence-corrected chi connectivity index (χ2v) is 21.9. The summed E-state index contributed by atoms with van der Waals surface area (Å²) in [6, 6.07) is -14.2. The Labute approximate surface area is 433 Å². The second kappa shape index (κ2) is 27.4. The van der Waals surface area contributed by atoms with Gasteiger partial charge in [0.1, 0.15) is 30.2 Å². The van der Waals surface area contributed by atoms with Gasteiger partial charge in [-0.05, 0) is 65.7 Å². The number of aliphatic hydroxyl groups excluding tert-OH is 2. The molecule has 0 aromatic carbocycles. The van der Waals surface area contributed by atoms with Crippen molar-refractivity contribution >= 4 is 77.4 Å². The smallest absolute Gasteiger partial charge is 0.334 e. The highest BCUT2D eigenvalue weighted by Crippen LogP contribution is 2.36. The molecule has 0 aromatic heterocycles. The fraction of sp³-hybridized carbons (Fsp3) is 0.723. The lowest BCUT2D eigenvalue weighted by atomic mass is 9.91. The van der Waals surface area contributed by atoms with Gasteiger partial charge < -0.3 is 45.6 Å². The first-order valence-corrected chi connectivity index (χ1v) is 24.8. The van der Waals surface area contributed by atoms with Crippen molar-refractivity contribution in [2.45, 2.75) is 160 Å². The van der Waals surface area contributed by atoms with Crippen LogP contribution in [0.5, 0.6) is 0 Å². The summed E-state index contributed by atoms with van der Waals surface area (Å²) in [5, 5.41) is 40.4. The van der Waals surface area contributed by atoms with Crippen LogP contribution in [-0.2, 0) is 28.8 Å². The maximum absolute atomic E-state index is 14.9. The van der Waals surface area contributed by atoms with Gasteiger partial charge in [-0.1, -0.05) is 53.7 Å². The van der Waals surface area contributed by atoms with Crippen molar-refractivity contribution < 1.29 is 68.1 Å². The molecule has 0 spiro atoms. The van der Waals surface area contributed by atoms with Crippen molar-refractivity contribution in [3.63, 3.8) is 0 Å². The zero-order chi connectivity index (χ0) is 56.9. The minimum Gasteiger partial charge on any atom is -0.393 e. The van der Waals surface area contributed by atoms with Crippen LogP contribution in [0, 0.1) is 11.8 Å². The van der Waals surface area contributed by atoms with Crippen LogP contribution in [0.15, 0.2) is 12.2 Å². The van der Waals surface area contributed by atoms with E-state index in [2.05, 4.69) is 10.6 Å². The maximum atomic E-state index is 14.9. The Balaban J connectivity index is 4.26. The molecular formula is C47H81N11O14S. The zero-order valence-corrected chi connectivity index (χ0v) is 46.4. The molecule has 414 valence electrons. The topological polar surface area (TPSA) is 319 Å². The second-order valence-electron chi connectivity index (χ2n) is 20.1. The van der Waals surface area contributed by atoms with Crippen LogP contribution in [0.2, 0.25) is 0 Å². The first-order valence-electron chi connectivity index (χ1n) is 23.9. The van der Waals surface area contributed by atoms with Gasteiger partial charge in [0, 0.05) is 60.5 Å². The molecule has 7 N–H and O–H groups in total. The van der Waals surface area contributed by atoms with Gasteiger partial charge in [0.05, 0.1) is 17.8 Å². The van der Waals surface area contributed by atoms with Crippen molar-refractivity contribution in [3.8, 4) is 0 Å². The van der Waals surface area contributed by atoms with E-state index in [-0.39, 0.29) is 24.2 Å². The first-order chi connectivity index (χ1) is 33.4. The Morgan fingerprint density at radius 2 is 1.21 bits per heavy atom. The Morgan fingerprint density at radius 3 is 1.70 bits per heavy atom. The van der Waals surface area contributed by atoms with E-state index < -0.39 is 142 Å². The normalized spacial score (nSPS) is 25.0. The number of hydrogen-bond acceptors (Lipinski definition) is 15. The summed E-state index contributed by atoms with van der Waals surface area (Å²) in [7, 11) is 7.82. The number of thioether (sulfide) groups is 1. The Morgan fingerprint density at radius 1 is 0.658 bits per heavy atom. The maximum Gasteiger partial charge on any atom is 0.334 e. The highest BCUT2D eigenvalue weighted by atomic mass is 32.2. The average molecular weight is 1060 g/mol. The third-order valence-corrected chi connectivity index (χ3v) is 13.8. The minimum atomic E-state index is -1.72. The van der Waals surface area contributed by atoms with Crippen molar-refractivity contribution in [2.75, 3.05) is 49.3 Å². The van der Waals surface area contributed by atoms with Gasteiger partial charge in [0.2, 0.25) is 17.7 Å². The van der Waals surface area contributed by atoms with Crippen molar-refractivity contribution in [3.05, 3.63) is 12.2 Å². The standard InChI is InChI=1S/C47H81N11O14S/c1-19-21-22-26(5)33(60)32-35(62)49-29(20-2)37(64)55(15)40(73-47(10,11)23-27(6)59)39(66)52(12)30(24-46(8,9)72)34(61)50-42(68)57(17)43(69)51-41(67)48-28(7)36(63)56(16)45(71)58(18)44(70)54(14)31(25(3)4)38(65)53(32)13/h19,21,25-33,40,59-60,72H,20,22-24H2,1-18H3,(H,49,62)(H,50,61,68)(H2,48,51,67,69)/b21-19+/t26-,27?,28-,29+,30+,31+,32+,33-,40-/m1/s1. The number of carbonyl (C=O) groups excluding carboxylic acids is 11. The molecule has 1 aliphatic rings. The molecule has 9 atom stereocenters. The van der Waals surface area contributed by atoms with Crippen LogP contribution in [0.4, 0.5) is 24.0 Å². The molecule has 0 aromatic rings. The van der Waals surface area contributed by atoms with Gasteiger partial charge in [0.15, 0.2) is 5.37 Å². The predicted molar refractivity (Wildman–Crippen MR) is 271 cm³/mol. The molecule has 1 unspecified atom stereocenters. The number of aliphatic hydroxyl groups is 3. The molecule has 0 bridgehead atoms. The summed E-state index contributed by atoms with van der Waals surface area (Å²) in [6.07, 6.45) is 0.736. The number of rotatable bonds is 12. The average Bonchev–Trinajstić information content (AvgIpc) is 3.29. The summed E-state index contributed by atoms with van der Waals surface area (Å²) in [5.41, 5.74) is -1.69. The van der Waals surface area contributed by atoms with E-state index in [4.69, 9.17) is 0 Å².